The van der Waals surface area contributed by atoms with Crippen LogP contribution in [0.25, 0.3) is 0 Å². The maximum absolute atomic E-state index is 10.2. The summed E-state index contributed by atoms with van der Waals surface area (Å²) in [5.41, 5.74) is 1.19. The second-order valence-corrected chi connectivity index (χ2v) is 7.06. The van der Waals surface area contributed by atoms with Gasteiger partial charge in [-0.2, -0.15) is 0 Å². The van der Waals surface area contributed by atoms with Crippen molar-refractivity contribution in [2.45, 2.75) is 63.3 Å². The summed E-state index contributed by atoms with van der Waals surface area (Å²) in [6, 6.07) is 6.40. The van der Waals surface area contributed by atoms with Crippen molar-refractivity contribution < 1.29 is 19.3 Å². The standard InChI is InChI=1S/C20H31NO4/c1-23-18-10-9-15(14-19(18)24-2)11-13-25-17-7-4-3-6-16(17)21-12-5-8-20(21)22/h9-10,14,16-17,20,22H,3-8,11-13H2,1-2H3/t16-,17-,20?/m0/s1. The molecule has 1 saturated heterocycles. The molecule has 3 atom stereocenters. The molecular formula is C20H31NO4. The van der Waals surface area contributed by atoms with Crippen LogP contribution < -0.4 is 9.47 Å². The third-order valence-corrected chi connectivity index (χ3v) is 5.53. The summed E-state index contributed by atoms with van der Waals surface area (Å²) in [6.45, 7) is 1.70. The van der Waals surface area contributed by atoms with Crippen LogP contribution >= 0.6 is 0 Å². The molecule has 0 aromatic heterocycles. The highest BCUT2D eigenvalue weighted by Gasteiger charge is 2.36. The van der Waals surface area contributed by atoms with Gasteiger partial charge in [-0.25, -0.2) is 0 Å². The van der Waals surface area contributed by atoms with E-state index in [1.165, 1.54) is 18.4 Å². The van der Waals surface area contributed by atoms with E-state index in [1.807, 2.05) is 12.1 Å². The summed E-state index contributed by atoms with van der Waals surface area (Å²) in [5.74, 6) is 1.51. The maximum Gasteiger partial charge on any atom is 0.160 e. The minimum absolute atomic E-state index is 0.238. The molecule has 5 nitrogen and oxygen atoms in total. The second kappa shape index (κ2) is 8.88. The van der Waals surface area contributed by atoms with E-state index in [9.17, 15) is 5.11 Å². The molecule has 1 heterocycles. The van der Waals surface area contributed by atoms with Crippen molar-refractivity contribution in [2.75, 3.05) is 27.4 Å². The lowest BCUT2D eigenvalue weighted by Crippen LogP contribution is -2.48. The number of methoxy groups -OCH3 is 2. The van der Waals surface area contributed by atoms with Crippen molar-refractivity contribution in [1.82, 2.24) is 4.90 Å². The molecule has 0 spiro atoms. The van der Waals surface area contributed by atoms with Gasteiger partial charge in [-0.15, -0.1) is 0 Å². The van der Waals surface area contributed by atoms with Crippen LogP contribution in [0.4, 0.5) is 0 Å². The Balaban J connectivity index is 1.55. The first-order valence-corrected chi connectivity index (χ1v) is 9.49. The third kappa shape index (κ3) is 4.46. The van der Waals surface area contributed by atoms with Crippen LogP contribution in [-0.2, 0) is 11.2 Å². The van der Waals surface area contributed by atoms with Crippen molar-refractivity contribution in [3.05, 3.63) is 23.8 Å². The van der Waals surface area contributed by atoms with Gasteiger partial charge in [-0.1, -0.05) is 18.9 Å². The minimum atomic E-state index is -0.278. The zero-order chi connectivity index (χ0) is 17.6. The Bertz CT molecular complexity index is 550. The van der Waals surface area contributed by atoms with E-state index in [0.29, 0.717) is 12.6 Å². The molecule has 2 aliphatic rings. The topological polar surface area (TPSA) is 51.2 Å². The van der Waals surface area contributed by atoms with Crippen LogP contribution in [0.15, 0.2) is 18.2 Å². The van der Waals surface area contributed by atoms with Gasteiger partial charge in [-0.3, -0.25) is 4.90 Å². The molecule has 1 saturated carbocycles. The summed E-state index contributed by atoms with van der Waals surface area (Å²) in [6.07, 6.45) is 7.50. The lowest BCUT2D eigenvalue weighted by Gasteiger charge is -2.39. The van der Waals surface area contributed by atoms with Crippen molar-refractivity contribution >= 4 is 0 Å². The Morgan fingerprint density at radius 1 is 1.04 bits per heavy atom. The van der Waals surface area contributed by atoms with Crippen molar-refractivity contribution in [3.63, 3.8) is 0 Å². The number of likely N-dealkylation sites (tertiary alicyclic amines) is 1. The molecule has 1 N–H and O–H groups in total. The monoisotopic (exact) mass is 349 g/mol. The van der Waals surface area contributed by atoms with Gasteiger partial charge in [0.1, 0.15) is 6.23 Å². The van der Waals surface area contributed by atoms with E-state index in [1.54, 1.807) is 14.2 Å². The van der Waals surface area contributed by atoms with Gasteiger partial charge < -0.3 is 19.3 Å². The fourth-order valence-electron chi connectivity index (χ4n) is 4.17. The quantitative estimate of drug-likeness (QED) is 0.820. The average Bonchev–Trinajstić information content (AvgIpc) is 3.07. The largest absolute Gasteiger partial charge is 0.493 e. The normalized spacial score (nSPS) is 27.4. The summed E-state index contributed by atoms with van der Waals surface area (Å²) in [4.78, 5) is 2.26. The zero-order valence-electron chi connectivity index (χ0n) is 15.4. The molecule has 5 heteroatoms. The number of nitrogens with zero attached hydrogens (tertiary/aromatic N) is 1. The minimum Gasteiger partial charge on any atom is -0.493 e. The Labute approximate surface area is 150 Å². The highest BCUT2D eigenvalue weighted by Crippen LogP contribution is 2.31. The molecule has 3 rings (SSSR count). The van der Waals surface area contributed by atoms with Crippen LogP contribution in [-0.4, -0.2) is 55.8 Å². The highest BCUT2D eigenvalue weighted by molar-refractivity contribution is 5.42. The van der Waals surface area contributed by atoms with Gasteiger partial charge in [0.15, 0.2) is 11.5 Å². The Morgan fingerprint density at radius 3 is 2.56 bits per heavy atom. The molecule has 140 valence electrons. The first-order valence-electron chi connectivity index (χ1n) is 9.49. The number of aliphatic hydroxyl groups is 1. The molecule has 1 aromatic carbocycles. The Hall–Kier alpha value is -1.30. The number of hydrogen-bond acceptors (Lipinski definition) is 5. The van der Waals surface area contributed by atoms with Gasteiger partial charge >= 0.3 is 0 Å². The van der Waals surface area contributed by atoms with Crippen LogP contribution in [0.1, 0.15) is 44.1 Å². The van der Waals surface area contributed by atoms with Crippen LogP contribution in [0.2, 0.25) is 0 Å². The van der Waals surface area contributed by atoms with Crippen LogP contribution in [0.3, 0.4) is 0 Å². The van der Waals surface area contributed by atoms with Crippen molar-refractivity contribution in [3.8, 4) is 11.5 Å². The van der Waals surface area contributed by atoms with Crippen molar-refractivity contribution in [2.24, 2.45) is 0 Å². The summed E-state index contributed by atoms with van der Waals surface area (Å²) < 4.78 is 16.9. The van der Waals surface area contributed by atoms with Crippen LogP contribution in [0, 0.1) is 0 Å². The molecule has 1 aliphatic heterocycles. The third-order valence-electron chi connectivity index (χ3n) is 5.53. The van der Waals surface area contributed by atoms with E-state index in [4.69, 9.17) is 14.2 Å². The zero-order valence-corrected chi connectivity index (χ0v) is 15.4. The van der Waals surface area contributed by atoms with E-state index in [-0.39, 0.29) is 12.3 Å². The van der Waals surface area contributed by atoms with Gasteiger partial charge in [0, 0.05) is 12.6 Å². The fourth-order valence-corrected chi connectivity index (χ4v) is 4.17. The lowest BCUT2D eigenvalue weighted by atomic mass is 9.91. The SMILES string of the molecule is COc1ccc(CCO[C@H]2CCCC[C@@H]2N2CCCC2O)cc1OC. The maximum atomic E-state index is 10.2. The van der Waals surface area contributed by atoms with E-state index in [0.717, 1.165) is 50.1 Å². The van der Waals surface area contributed by atoms with Gasteiger partial charge in [0.25, 0.3) is 0 Å². The van der Waals surface area contributed by atoms with E-state index < -0.39 is 0 Å². The molecule has 0 bridgehead atoms. The molecule has 0 radical (unpaired) electrons. The van der Waals surface area contributed by atoms with Gasteiger partial charge in [0.2, 0.25) is 0 Å². The molecule has 1 aliphatic carbocycles. The van der Waals surface area contributed by atoms with Crippen molar-refractivity contribution in [1.29, 1.82) is 0 Å². The second-order valence-electron chi connectivity index (χ2n) is 7.06. The molecule has 0 amide bonds. The first-order chi connectivity index (χ1) is 12.2. The molecule has 2 fully saturated rings. The number of benzene rings is 1. The molecular weight excluding hydrogens is 318 g/mol. The smallest absolute Gasteiger partial charge is 0.160 e. The summed E-state index contributed by atoms with van der Waals surface area (Å²) >= 11 is 0. The highest BCUT2D eigenvalue weighted by atomic mass is 16.5. The molecule has 25 heavy (non-hydrogen) atoms. The fraction of sp³-hybridized carbons (Fsp3) is 0.700. The summed E-state index contributed by atoms with van der Waals surface area (Å²) in [7, 11) is 3.31. The van der Waals surface area contributed by atoms with E-state index in [2.05, 4.69) is 11.0 Å². The Morgan fingerprint density at radius 2 is 1.84 bits per heavy atom. The number of ether oxygens (including phenoxy) is 3. The predicted molar refractivity (Wildman–Crippen MR) is 97.2 cm³/mol. The predicted octanol–water partition coefficient (Wildman–Crippen LogP) is 2.99. The van der Waals surface area contributed by atoms with E-state index >= 15 is 0 Å². The Kier molecular flexibility index (Phi) is 6.57. The van der Waals surface area contributed by atoms with Gasteiger partial charge in [-0.05, 0) is 49.8 Å². The number of aliphatic hydroxyl groups excluding tert-OH is 1. The average molecular weight is 349 g/mol. The summed E-state index contributed by atoms with van der Waals surface area (Å²) in [5, 5.41) is 10.2. The lowest BCUT2D eigenvalue weighted by molar-refractivity contribution is -0.0775. The van der Waals surface area contributed by atoms with Gasteiger partial charge in [0.05, 0.1) is 26.9 Å². The first kappa shape index (κ1) is 18.5. The van der Waals surface area contributed by atoms with Crippen LogP contribution in [0.5, 0.6) is 11.5 Å². The molecule has 1 aromatic rings. The molecule has 1 unspecified atom stereocenters. The number of rotatable bonds is 7. The number of hydrogen-bond donors (Lipinski definition) is 1.